The van der Waals surface area contributed by atoms with Gasteiger partial charge in [-0.15, -0.1) is 0 Å². The molecule has 0 fully saturated rings. The fourth-order valence-electron chi connectivity index (χ4n) is 1.71. The fourth-order valence-corrected chi connectivity index (χ4v) is 1.95. The van der Waals surface area contributed by atoms with Crippen LogP contribution in [0, 0.1) is 6.92 Å². The van der Waals surface area contributed by atoms with E-state index in [1.807, 2.05) is 20.9 Å². The monoisotopic (exact) mass is 241 g/mol. The Morgan fingerprint density at radius 3 is 2.75 bits per heavy atom. The summed E-state index contributed by atoms with van der Waals surface area (Å²) in [5, 5.41) is 4.27. The van der Waals surface area contributed by atoms with Crippen LogP contribution in [0.15, 0.2) is 0 Å². The first-order chi connectivity index (χ1) is 7.47. The van der Waals surface area contributed by atoms with Crippen LogP contribution in [-0.2, 0) is 7.05 Å². The maximum atomic E-state index is 5.83. The number of rotatable bonds is 5. The van der Waals surface area contributed by atoms with Crippen molar-refractivity contribution in [1.82, 2.24) is 9.78 Å². The molecular formula is C11H19N3OS. The third-order valence-electron chi connectivity index (χ3n) is 2.42. The van der Waals surface area contributed by atoms with Crippen molar-refractivity contribution >= 4 is 17.2 Å². The van der Waals surface area contributed by atoms with Crippen molar-refractivity contribution in [3.8, 4) is 5.88 Å². The Hall–Kier alpha value is -1.10. The molecule has 0 saturated carbocycles. The van der Waals surface area contributed by atoms with Gasteiger partial charge in [0, 0.05) is 7.05 Å². The van der Waals surface area contributed by atoms with Gasteiger partial charge >= 0.3 is 0 Å². The molecule has 16 heavy (non-hydrogen) atoms. The average molecular weight is 241 g/mol. The fraction of sp³-hybridized carbons (Fsp3) is 0.636. The minimum Gasteiger partial charge on any atom is -0.474 e. The average Bonchev–Trinajstić information content (AvgIpc) is 2.41. The molecular weight excluding hydrogens is 222 g/mol. The molecule has 4 nitrogen and oxygen atoms in total. The van der Waals surface area contributed by atoms with Crippen LogP contribution in [0.3, 0.4) is 0 Å². The topological polar surface area (TPSA) is 53.1 Å². The van der Waals surface area contributed by atoms with E-state index < -0.39 is 0 Å². The Labute approximate surface area is 102 Å². The van der Waals surface area contributed by atoms with Crippen molar-refractivity contribution < 1.29 is 4.74 Å². The summed E-state index contributed by atoms with van der Waals surface area (Å²) in [6, 6.07) is 0. The number of nitrogens with zero attached hydrogens (tertiary/aromatic N) is 2. The highest BCUT2D eigenvalue weighted by atomic mass is 32.1. The summed E-state index contributed by atoms with van der Waals surface area (Å²) in [7, 11) is 1.84. The van der Waals surface area contributed by atoms with E-state index in [0.29, 0.717) is 10.9 Å². The molecule has 1 aromatic heterocycles. The Balaban J connectivity index is 2.98. The molecule has 0 aliphatic heterocycles. The van der Waals surface area contributed by atoms with E-state index in [4.69, 9.17) is 22.7 Å². The van der Waals surface area contributed by atoms with Gasteiger partial charge < -0.3 is 10.5 Å². The second-order valence-corrected chi connectivity index (χ2v) is 4.41. The van der Waals surface area contributed by atoms with Crippen molar-refractivity contribution in [2.75, 3.05) is 0 Å². The van der Waals surface area contributed by atoms with Crippen LogP contribution >= 0.6 is 12.2 Å². The first kappa shape index (κ1) is 13.0. The van der Waals surface area contributed by atoms with E-state index in [1.165, 1.54) is 0 Å². The first-order valence-electron chi connectivity index (χ1n) is 5.47. The summed E-state index contributed by atoms with van der Waals surface area (Å²) in [6.07, 6.45) is 2.23. The van der Waals surface area contributed by atoms with E-state index in [2.05, 4.69) is 12.0 Å². The molecule has 5 heteroatoms. The standard InChI is InChI=1S/C11H19N3OS/c1-5-6-7(2)15-11-9(10(12)16)8(3)13-14(11)4/h7H,5-6H2,1-4H3,(H2,12,16). The summed E-state index contributed by atoms with van der Waals surface area (Å²) in [5.74, 6) is 0.672. The molecule has 1 atom stereocenters. The zero-order valence-electron chi connectivity index (χ0n) is 10.3. The maximum Gasteiger partial charge on any atom is 0.222 e. The smallest absolute Gasteiger partial charge is 0.222 e. The normalized spacial score (nSPS) is 12.5. The van der Waals surface area contributed by atoms with Crippen molar-refractivity contribution in [2.24, 2.45) is 12.8 Å². The molecule has 0 radical (unpaired) electrons. The van der Waals surface area contributed by atoms with Gasteiger partial charge in [0.15, 0.2) is 0 Å². The van der Waals surface area contributed by atoms with Crippen molar-refractivity contribution in [1.29, 1.82) is 0 Å². The predicted octanol–water partition coefficient (Wildman–Crippen LogP) is 1.93. The molecule has 1 heterocycles. The van der Waals surface area contributed by atoms with Gasteiger partial charge in [0.05, 0.1) is 17.4 Å². The largest absolute Gasteiger partial charge is 0.474 e. The van der Waals surface area contributed by atoms with Gasteiger partial charge in [-0.2, -0.15) is 5.10 Å². The molecule has 0 saturated heterocycles. The van der Waals surface area contributed by atoms with Gasteiger partial charge in [0.2, 0.25) is 5.88 Å². The third-order valence-corrected chi connectivity index (χ3v) is 2.63. The van der Waals surface area contributed by atoms with Crippen LogP contribution in [0.1, 0.15) is 37.9 Å². The van der Waals surface area contributed by atoms with Crippen LogP contribution < -0.4 is 10.5 Å². The molecule has 1 rings (SSSR count). The highest BCUT2D eigenvalue weighted by Gasteiger charge is 2.18. The van der Waals surface area contributed by atoms with Crippen molar-refractivity contribution in [3.05, 3.63) is 11.3 Å². The zero-order valence-corrected chi connectivity index (χ0v) is 11.1. The van der Waals surface area contributed by atoms with E-state index in [0.717, 1.165) is 24.1 Å². The lowest BCUT2D eigenvalue weighted by atomic mass is 10.2. The summed E-state index contributed by atoms with van der Waals surface area (Å²) in [4.78, 5) is 0.337. The highest BCUT2D eigenvalue weighted by molar-refractivity contribution is 7.80. The summed E-state index contributed by atoms with van der Waals surface area (Å²) >= 11 is 5.01. The number of thiocarbonyl (C=S) groups is 1. The lowest BCUT2D eigenvalue weighted by Gasteiger charge is -2.14. The molecule has 0 aromatic carbocycles. The minimum atomic E-state index is 0.146. The van der Waals surface area contributed by atoms with Crippen LogP contribution in [0.4, 0.5) is 0 Å². The molecule has 0 bridgehead atoms. The third kappa shape index (κ3) is 2.72. The summed E-state index contributed by atoms with van der Waals surface area (Å²) < 4.78 is 7.52. The van der Waals surface area contributed by atoms with E-state index >= 15 is 0 Å². The van der Waals surface area contributed by atoms with Crippen LogP contribution in [-0.4, -0.2) is 20.9 Å². The van der Waals surface area contributed by atoms with Gasteiger partial charge in [-0.25, -0.2) is 4.68 Å². The Kier molecular flexibility index (Phi) is 4.29. The minimum absolute atomic E-state index is 0.146. The van der Waals surface area contributed by atoms with Crippen LogP contribution in [0.2, 0.25) is 0 Å². The summed E-state index contributed by atoms with van der Waals surface area (Å²) in [6.45, 7) is 6.05. The Morgan fingerprint density at radius 2 is 2.25 bits per heavy atom. The molecule has 2 N–H and O–H groups in total. The van der Waals surface area contributed by atoms with Gasteiger partial charge in [0.1, 0.15) is 4.99 Å². The Morgan fingerprint density at radius 1 is 1.62 bits per heavy atom. The number of aromatic nitrogens is 2. The van der Waals surface area contributed by atoms with Crippen LogP contribution in [0.5, 0.6) is 5.88 Å². The molecule has 90 valence electrons. The van der Waals surface area contributed by atoms with E-state index in [1.54, 1.807) is 4.68 Å². The molecule has 0 aliphatic rings. The Bertz CT molecular complexity index is 387. The summed E-state index contributed by atoms with van der Waals surface area (Å²) in [5.41, 5.74) is 7.24. The maximum absolute atomic E-state index is 5.83. The van der Waals surface area contributed by atoms with Crippen LogP contribution in [0.25, 0.3) is 0 Å². The number of aryl methyl sites for hydroxylation is 2. The molecule has 0 spiro atoms. The second kappa shape index (κ2) is 5.30. The SMILES string of the molecule is CCCC(C)Oc1c(C(N)=S)c(C)nn1C. The van der Waals surface area contributed by atoms with Gasteiger partial charge in [-0.1, -0.05) is 25.6 Å². The van der Waals surface area contributed by atoms with Gasteiger partial charge in [0.25, 0.3) is 0 Å². The lowest BCUT2D eigenvalue weighted by molar-refractivity contribution is 0.192. The number of nitrogens with two attached hydrogens (primary N) is 1. The van der Waals surface area contributed by atoms with E-state index in [-0.39, 0.29) is 6.10 Å². The quantitative estimate of drug-likeness (QED) is 0.800. The van der Waals surface area contributed by atoms with Gasteiger partial charge in [-0.3, -0.25) is 0 Å². The van der Waals surface area contributed by atoms with Crippen molar-refractivity contribution in [3.63, 3.8) is 0 Å². The highest BCUT2D eigenvalue weighted by Crippen LogP contribution is 2.23. The van der Waals surface area contributed by atoms with Crippen molar-refractivity contribution in [2.45, 2.75) is 39.7 Å². The van der Waals surface area contributed by atoms with E-state index in [9.17, 15) is 0 Å². The first-order valence-corrected chi connectivity index (χ1v) is 5.88. The number of hydrogen-bond donors (Lipinski definition) is 1. The van der Waals surface area contributed by atoms with Gasteiger partial charge in [-0.05, 0) is 20.3 Å². The molecule has 1 aromatic rings. The zero-order chi connectivity index (χ0) is 12.3. The second-order valence-electron chi connectivity index (χ2n) is 3.97. The molecule has 0 aliphatic carbocycles. The number of ether oxygens (including phenoxy) is 1. The lowest BCUT2D eigenvalue weighted by Crippen LogP contribution is -2.17. The molecule has 0 amide bonds. The number of hydrogen-bond acceptors (Lipinski definition) is 3. The predicted molar refractivity (Wildman–Crippen MR) is 68.8 cm³/mol. The molecule has 1 unspecified atom stereocenters.